The van der Waals surface area contributed by atoms with Gasteiger partial charge in [-0.15, -0.1) is 11.3 Å². The number of hydrogen-bond acceptors (Lipinski definition) is 6. The summed E-state index contributed by atoms with van der Waals surface area (Å²) in [4.78, 5) is 11.6. The predicted octanol–water partition coefficient (Wildman–Crippen LogP) is 4.48. The van der Waals surface area contributed by atoms with Crippen molar-refractivity contribution < 1.29 is 9.47 Å². The third-order valence-electron chi connectivity index (χ3n) is 4.76. The van der Waals surface area contributed by atoms with Crippen LogP contribution in [0.2, 0.25) is 0 Å². The van der Waals surface area contributed by atoms with Crippen LogP contribution in [0.4, 0.5) is 11.5 Å². The first-order valence-corrected chi connectivity index (χ1v) is 9.62. The summed E-state index contributed by atoms with van der Waals surface area (Å²) in [5, 5.41) is 4.66. The Morgan fingerprint density at radius 3 is 2.80 bits per heavy atom. The minimum absolute atomic E-state index is 0.687. The molecule has 0 saturated heterocycles. The zero-order chi connectivity index (χ0) is 16.6. The van der Waals surface area contributed by atoms with Gasteiger partial charge in [0.15, 0.2) is 11.5 Å². The number of anilines is 2. The second-order valence-electron chi connectivity index (χ2n) is 6.45. The Morgan fingerprint density at radius 1 is 0.960 bits per heavy atom. The number of nitrogens with zero attached hydrogens (tertiary/aromatic N) is 2. The number of rotatable bonds is 2. The van der Waals surface area contributed by atoms with Crippen LogP contribution in [0.5, 0.6) is 11.5 Å². The summed E-state index contributed by atoms with van der Waals surface area (Å²) < 4.78 is 11.5. The van der Waals surface area contributed by atoms with Gasteiger partial charge in [-0.05, 0) is 43.4 Å². The molecule has 25 heavy (non-hydrogen) atoms. The molecule has 1 aliphatic carbocycles. The normalized spacial score (nSPS) is 16.3. The molecule has 0 unspecified atom stereocenters. The van der Waals surface area contributed by atoms with E-state index in [0.29, 0.717) is 13.2 Å². The topological polar surface area (TPSA) is 56.3 Å². The van der Waals surface area contributed by atoms with E-state index in [1.807, 2.05) is 29.5 Å². The fourth-order valence-corrected chi connectivity index (χ4v) is 4.79. The molecule has 6 heteroatoms. The van der Waals surface area contributed by atoms with Crippen molar-refractivity contribution in [3.05, 3.63) is 35.0 Å². The molecule has 3 heterocycles. The molecule has 0 saturated carbocycles. The lowest BCUT2D eigenvalue weighted by Crippen LogP contribution is -2.01. The van der Waals surface area contributed by atoms with Gasteiger partial charge < -0.3 is 14.8 Å². The molecule has 0 atom stereocenters. The highest BCUT2D eigenvalue weighted by Crippen LogP contribution is 2.39. The average molecular weight is 353 g/mol. The Kier molecular flexibility index (Phi) is 3.70. The van der Waals surface area contributed by atoms with Crippen LogP contribution < -0.4 is 14.8 Å². The molecule has 0 fully saturated rings. The Bertz CT molecular complexity index is 938. The lowest BCUT2D eigenvalue weighted by Gasteiger charge is -2.13. The SMILES string of the molecule is c1nc(Nc2ccc3c(c2)OCCCO3)c2c3c(sc2n1)CCCC3. The van der Waals surface area contributed by atoms with Crippen molar-refractivity contribution in [2.45, 2.75) is 32.1 Å². The molecule has 5 rings (SSSR count). The number of nitrogens with one attached hydrogen (secondary N) is 1. The van der Waals surface area contributed by atoms with Gasteiger partial charge in [0.05, 0.1) is 18.6 Å². The smallest absolute Gasteiger partial charge is 0.163 e. The highest BCUT2D eigenvalue weighted by Gasteiger charge is 2.20. The van der Waals surface area contributed by atoms with Crippen molar-refractivity contribution in [2.24, 2.45) is 0 Å². The monoisotopic (exact) mass is 353 g/mol. The van der Waals surface area contributed by atoms with Gasteiger partial charge >= 0.3 is 0 Å². The molecule has 0 amide bonds. The van der Waals surface area contributed by atoms with E-state index in [9.17, 15) is 0 Å². The molecule has 2 aliphatic rings. The molecule has 0 spiro atoms. The first-order valence-electron chi connectivity index (χ1n) is 8.80. The van der Waals surface area contributed by atoms with Crippen LogP contribution in [0.3, 0.4) is 0 Å². The van der Waals surface area contributed by atoms with E-state index in [1.165, 1.54) is 35.1 Å². The van der Waals surface area contributed by atoms with Gasteiger partial charge in [-0.2, -0.15) is 0 Å². The van der Waals surface area contributed by atoms with Gasteiger partial charge in [0.25, 0.3) is 0 Å². The van der Waals surface area contributed by atoms with Gasteiger partial charge in [-0.25, -0.2) is 9.97 Å². The largest absolute Gasteiger partial charge is 0.490 e. The van der Waals surface area contributed by atoms with Crippen LogP contribution in [-0.4, -0.2) is 23.2 Å². The quantitative estimate of drug-likeness (QED) is 0.736. The fourth-order valence-electron chi connectivity index (χ4n) is 3.56. The number of fused-ring (bicyclic) bond motifs is 4. The molecule has 3 aromatic rings. The maximum absolute atomic E-state index is 5.79. The van der Waals surface area contributed by atoms with Gasteiger partial charge in [-0.3, -0.25) is 0 Å². The standard InChI is InChI=1S/C19H19N3O2S/c1-2-5-16-13(4-1)17-18(20-11-21-19(17)25-16)22-12-6-7-14-15(10-12)24-9-3-8-23-14/h6-7,10-11H,1-5,8-9H2,(H,20,21,22). The van der Waals surface area contributed by atoms with Crippen molar-refractivity contribution >= 4 is 33.1 Å². The summed E-state index contributed by atoms with van der Waals surface area (Å²) in [6.45, 7) is 1.39. The maximum atomic E-state index is 5.79. The summed E-state index contributed by atoms with van der Waals surface area (Å²) in [5.41, 5.74) is 2.39. The van der Waals surface area contributed by atoms with E-state index in [4.69, 9.17) is 9.47 Å². The summed E-state index contributed by atoms with van der Waals surface area (Å²) in [6.07, 6.45) is 7.37. The number of aromatic nitrogens is 2. The number of hydrogen-bond donors (Lipinski definition) is 1. The first kappa shape index (κ1) is 15.0. The van der Waals surface area contributed by atoms with E-state index in [-0.39, 0.29) is 0 Å². The van der Waals surface area contributed by atoms with Crippen LogP contribution in [-0.2, 0) is 12.8 Å². The molecule has 0 radical (unpaired) electrons. The molecular formula is C19H19N3O2S. The van der Waals surface area contributed by atoms with E-state index < -0.39 is 0 Å². The first-order chi connectivity index (χ1) is 12.4. The second kappa shape index (κ2) is 6.19. The highest BCUT2D eigenvalue weighted by atomic mass is 32.1. The van der Waals surface area contributed by atoms with Crippen molar-refractivity contribution in [2.75, 3.05) is 18.5 Å². The van der Waals surface area contributed by atoms with Crippen LogP contribution in [0.1, 0.15) is 29.7 Å². The Labute approximate surface area is 150 Å². The van der Waals surface area contributed by atoms with Crippen molar-refractivity contribution in [1.29, 1.82) is 0 Å². The van der Waals surface area contributed by atoms with Crippen LogP contribution in [0.15, 0.2) is 24.5 Å². The summed E-state index contributed by atoms with van der Waals surface area (Å²) in [7, 11) is 0. The van der Waals surface area contributed by atoms with Crippen LogP contribution in [0, 0.1) is 0 Å². The molecule has 0 bridgehead atoms. The average Bonchev–Trinajstić information content (AvgIpc) is 2.86. The second-order valence-corrected chi connectivity index (χ2v) is 7.53. The lowest BCUT2D eigenvalue weighted by atomic mass is 9.97. The van der Waals surface area contributed by atoms with Gasteiger partial charge in [0, 0.05) is 23.1 Å². The molecule has 5 nitrogen and oxygen atoms in total. The summed E-state index contributed by atoms with van der Waals surface area (Å²) >= 11 is 1.81. The van der Waals surface area contributed by atoms with Crippen molar-refractivity contribution in [1.82, 2.24) is 9.97 Å². The number of thiophene rings is 1. The Hall–Kier alpha value is -2.34. The number of benzene rings is 1. The molecule has 128 valence electrons. The molecule has 1 N–H and O–H groups in total. The van der Waals surface area contributed by atoms with Crippen molar-refractivity contribution in [3.8, 4) is 11.5 Å². The van der Waals surface area contributed by atoms with Crippen LogP contribution >= 0.6 is 11.3 Å². The summed E-state index contributed by atoms with van der Waals surface area (Å²) in [6, 6.07) is 5.97. The minimum atomic E-state index is 0.687. The highest BCUT2D eigenvalue weighted by molar-refractivity contribution is 7.19. The van der Waals surface area contributed by atoms with Gasteiger partial charge in [-0.1, -0.05) is 0 Å². The van der Waals surface area contributed by atoms with E-state index >= 15 is 0 Å². The maximum Gasteiger partial charge on any atom is 0.163 e. The third-order valence-corrected chi connectivity index (χ3v) is 5.96. The predicted molar refractivity (Wildman–Crippen MR) is 99.4 cm³/mol. The van der Waals surface area contributed by atoms with Gasteiger partial charge in [0.1, 0.15) is 17.0 Å². The number of ether oxygens (including phenoxy) is 2. The third kappa shape index (κ3) is 2.70. The molecule has 1 aromatic carbocycles. The van der Waals surface area contributed by atoms with Crippen LogP contribution in [0.25, 0.3) is 10.2 Å². The van der Waals surface area contributed by atoms with E-state index in [0.717, 1.165) is 40.7 Å². The lowest BCUT2D eigenvalue weighted by molar-refractivity contribution is 0.297. The zero-order valence-corrected chi connectivity index (χ0v) is 14.7. The summed E-state index contributed by atoms with van der Waals surface area (Å²) in [5.74, 6) is 2.49. The Balaban J connectivity index is 1.54. The minimum Gasteiger partial charge on any atom is -0.490 e. The molecular weight excluding hydrogens is 334 g/mol. The van der Waals surface area contributed by atoms with Gasteiger partial charge in [0.2, 0.25) is 0 Å². The Morgan fingerprint density at radius 2 is 1.84 bits per heavy atom. The molecule has 2 aromatic heterocycles. The van der Waals surface area contributed by atoms with E-state index in [2.05, 4.69) is 15.3 Å². The molecule has 1 aliphatic heterocycles. The zero-order valence-electron chi connectivity index (χ0n) is 13.9. The van der Waals surface area contributed by atoms with Crippen molar-refractivity contribution in [3.63, 3.8) is 0 Å². The fraction of sp³-hybridized carbons (Fsp3) is 0.368. The van der Waals surface area contributed by atoms with E-state index in [1.54, 1.807) is 6.33 Å². The number of aryl methyl sites for hydroxylation is 2.